The maximum absolute atomic E-state index is 12.8. The van der Waals surface area contributed by atoms with Crippen molar-refractivity contribution in [3.8, 4) is 17.2 Å². The first-order valence-corrected chi connectivity index (χ1v) is 9.22. The number of nitrogens with one attached hydrogen (secondary N) is 2. The van der Waals surface area contributed by atoms with Crippen LogP contribution in [0.4, 0.5) is 0 Å². The number of hydrogen-bond donors (Lipinski definition) is 2. The van der Waals surface area contributed by atoms with E-state index in [1.54, 1.807) is 12.1 Å². The highest BCUT2D eigenvalue weighted by molar-refractivity contribution is 5.97. The Bertz CT molecular complexity index is 748. The predicted molar refractivity (Wildman–Crippen MR) is 102 cm³/mol. The van der Waals surface area contributed by atoms with Gasteiger partial charge in [0.2, 0.25) is 0 Å². The summed E-state index contributed by atoms with van der Waals surface area (Å²) in [7, 11) is 0. The minimum atomic E-state index is -0.116. The summed E-state index contributed by atoms with van der Waals surface area (Å²) in [5.74, 6) is 1.67. The lowest BCUT2D eigenvalue weighted by atomic mass is 9.99. The average molecular weight is 354 g/mol. The van der Waals surface area contributed by atoms with Gasteiger partial charge >= 0.3 is 0 Å². The van der Waals surface area contributed by atoms with Gasteiger partial charge in [-0.15, -0.1) is 0 Å². The molecule has 0 spiro atoms. The third kappa shape index (κ3) is 4.35. The van der Waals surface area contributed by atoms with Crippen LogP contribution in [0.1, 0.15) is 37.0 Å². The molecule has 2 aromatic rings. The van der Waals surface area contributed by atoms with Crippen LogP contribution >= 0.6 is 0 Å². The maximum Gasteiger partial charge on any atom is 0.255 e. The van der Waals surface area contributed by atoms with Crippen LogP contribution in [0.2, 0.25) is 0 Å². The molecule has 2 unspecified atom stereocenters. The van der Waals surface area contributed by atoms with Crippen LogP contribution < -0.4 is 20.1 Å². The molecule has 1 fully saturated rings. The van der Waals surface area contributed by atoms with Crippen LogP contribution in [-0.4, -0.2) is 31.1 Å². The molecule has 2 aromatic carbocycles. The van der Waals surface area contributed by atoms with Gasteiger partial charge in [-0.05, 0) is 57.5 Å². The van der Waals surface area contributed by atoms with E-state index >= 15 is 0 Å². The monoisotopic (exact) mass is 354 g/mol. The zero-order valence-electron chi connectivity index (χ0n) is 15.3. The van der Waals surface area contributed by atoms with Gasteiger partial charge < -0.3 is 20.1 Å². The number of para-hydroxylation sites is 3. The molecule has 138 valence electrons. The molecule has 5 heteroatoms. The topological polar surface area (TPSA) is 59.6 Å². The van der Waals surface area contributed by atoms with Gasteiger partial charge in [-0.1, -0.05) is 24.3 Å². The Labute approximate surface area is 154 Å². The van der Waals surface area contributed by atoms with E-state index in [1.807, 2.05) is 43.3 Å². The Morgan fingerprint density at radius 3 is 2.54 bits per heavy atom. The summed E-state index contributed by atoms with van der Waals surface area (Å²) in [4.78, 5) is 12.8. The Balaban J connectivity index is 1.79. The minimum absolute atomic E-state index is 0.116. The molecule has 1 amide bonds. The molecular weight excluding hydrogens is 328 g/mol. The summed E-state index contributed by atoms with van der Waals surface area (Å²) in [5, 5.41) is 6.54. The van der Waals surface area contributed by atoms with Crippen molar-refractivity contribution in [3.63, 3.8) is 0 Å². The third-order valence-corrected chi connectivity index (χ3v) is 4.58. The van der Waals surface area contributed by atoms with Crippen molar-refractivity contribution in [2.45, 2.75) is 38.8 Å². The van der Waals surface area contributed by atoms with E-state index in [9.17, 15) is 4.79 Å². The standard InChI is InChI=1S/C21H26N2O3/c1-3-25-19-12-6-7-13-20(19)26-18-11-5-4-9-16(18)21(24)23-17-10-8-14-22-15(17)2/h4-7,9,11-13,15,17,22H,3,8,10,14H2,1-2H3,(H,23,24). The Morgan fingerprint density at radius 1 is 1.12 bits per heavy atom. The van der Waals surface area contributed by atoms with Gasteiger partial charge in [-0.3, -0.25) is 4.79 Å². The average Bonchev–Trinajstić information content (AvgIpc) is 2.66. The van der Waals surface area contributed by atoms with Crippen molar-refractivity contribution in [3.05, 3.63) is 54.1 Å². The summed E-state index contributed by atoms with van der Waals surface area (Å²) in [6.07, 6.45) is 2.05. The molecule has 1 aliphatic rings. The zero-order valence-corrected chi connectivity index (χ0v) is 15.3. The van der Waals surface area contributed by atoms with Gasteiger partial charge in [0.15, 0.2) is 11.5 Å². The molecule has 1 saturated heterocycles. The third-order valence-electron chi connectivity index (χ3n) is 4.58. The summed E-state index contributed by atoms with van der Waals surface area (Å²) < 4.78 is 11.6. The number of carbonyl (C=O) groups is 1. The highest BCUT2D eigenvalue weighted by Crippen LogP contribution is 2.33. The normalized spacial score (nSPS) is 19.6. The van der Waals surface area contributed by atoms with E-state index in [1.165, 1.54) is 0 Å². The lowest BCUT2D eigenvalue weighted by molar-refractivity contribution is 0.0917. The van der Waals surface area contributed by atoms with Crippen molar-refractivity contribution in [2.24, 2.45) is 0 Å². The number of hydrogen-bond acceptors (Lipinski definition) is 4. The van der Waals surface area contributed by atoms with Crippen LogP contribution in [0.15, 0.2) is 48.5 Å². The first kappa shape index (κ1) is 18.3. The van der Waals surface area contributed by atoms with Crippen molar-refractivity contribution in [1.82, 2.24) is 10.6 Å². The number of amides is 1. The maximum atomic E-state index is 12.8. The summed E-state index contributed by atoms with van der Waals surface area (Å²) >= 11 is 0. The molecule has 0 aliphatic carbocycles. The second-order valence-electron chi connectivity index (χ2n) is 6.44. The summed E-state index contributed by atoms with van der Waals surface area (Å²) in [5.41, 5.74) is 0.525. The molecule has 26 heavy (non-hydrogen) atoms. The molecule has 0 radical (unpaired) electrons. The first-order chi connectivity index (χ1) is 12.7. The van der Waals surface area contributed by atoms with Crippen molar-refractivity contribution in [2.75, 3.05) is 13.2 Å². The molecule has 3 rings (SSSR count). The lowest BCUT2D eigenvalue weighted by Gasteiger charge is -2.30. The van der Waals surface area contributed by atoms with Crippen LogP contribution in [0, 0.1) is 0 Å². The highest BCUT2D eigenvalue weighted by Gasteiger charge is 2.24. The number of rotatable bonds is 6. The largest absolute Gasteiger partial charge is 0.490 e. The fourth-order valence-electron chi connectivity index (χ4n) is 3.16. The molecule has 2 N–H and O–H groups in total. The van der Waals surface area contributed by atoms with E-state index < -0.39 is 0 Å². The van der Waals surface area contributed by atoms with Gasteiger partial charge in [-0.2, -0.15) is 0 Å². The molecule has 0 bridgehead atoms. The zero-order chi connectivity index (χ0) is 18.4. The van der Waals surface area contributed by atoms with Gasteiger partial charge in [0.25, 0.3) is 5.91 Å². The number of piperidine rings is 1. The second-order valence-corrected chi connectivity index (χ2v) is 6.44. The summed E-state index contributed by atoms with van der Waals surface area (Å²) in [6.45, 7) is 5.58. The van der Waals surface area contributed by atoms with E-state index in [-0.39, 0.29) is 18.0 Å². The molecule has 1 heterocycles. The van der Waals surface area contributed by atoms with Gasteiger partial charge in [0.1, 0.15) is 5.75 Å². The van der Waals surface area contributed by atoms with E-state index in [2.05, 4.69) is 17.6 Å². The minimum Gasteiger partial charge on any atom is -0.490 e. The van der Waals surface area contributed by atoms with Crippen LogP contribution in [0.5, 0.6) is 17.2 Å². The van der Waals surface area contributed by atoms with Crippen molar-refractivity contribution in [1.29, 1.82) is 0 Å². The second kappa shape index (κ2) is 8.72. The fraction of sp³-hybridized carbons (Fsp3) is 0.381. The van der Waals surface area contributed by atoms with Crippen LogP contribution in [-0.2, 0) is 0 Å². The quantitative estimate of drug-likeness (QED) is 0.829. The SMILES string of the molecule is CCOc1ccccc1Oc1ccccc1C(=O)NC1CCCNC1C. The Morgan fingerprint density at radius 2 is 1.81 bits per heavy atom. The number of benzene rings is 2. The molecule has 0 aromatic heterocycles. The van der Waals surface area contributed by atoms with Gasteiger partial charge in [0.05, 0.1) is 12.2 Å². The lowest BCUT2D eigenvalue weighted by Crippen LogP contribution is -2.51. The Kier molecular flexibility index (Phi) is 6.12. The van der Waals surface area contributed by atoms with Crippen LogP contribution in [0.25, 0.3) is 0 Å². The first-order valence-electron chi connectivity index (χ1n) is 9.22. The molecule has 1 aliphatic heterocycles. The number of carbonyl (C=O) groups excluding carboxylic acids is 1. The van der Waals surface area contributed by atoms with Crippen LogP contribution in [0.3, 0.4) is 0 Å². The molecular formula is C21H26N2O3. The summed E-state index contributed by atoms with van der Waals surface area (Å²) in [6, 6.07) is 15.2. The predicted octanol–water partition coefficient (Wildman–Crippen LogP) is 3.75. The van der Waals surface area contributed by atoms with E-state index in [4.69, 9.17) is 9.47 Å². The van der Waals surface area contributed by atoms with E-state index in [0.29, 0.717) is 29.4 Å². The highest BCUT2D eigenvalue weighted by atomic mass is 16.5. The van der Waals surface area contributed by atoms with E-state index in [0.717, 1.165) is 19.4 Å². The van der Waals surface area contributed by atoms with Gasteiger partial charge in [0, 0.05) is 12.1 Å². The number of ether oxygens (including phenoxy) is 2. The van der Waals surface area contributed by atoms with Crippen molar-refractivity contribution >= 4 is 5.91 Å². The fourth-order valence-corrected chi connectivity index (χ4v) is 3.16. The Hall–Kier alpha value is -2.53. The van der Waals surface area contributed by atoms with Crippen molar-refractivity contribution < 1.29 is 14.3 Å². The molecule has 5 nitrogen and oxygen atoms in total. The molecule has 2 atom stereocenters. The van der Waals surface area contributed by atoms with Gasteiger partial charge in [-0.25, -0.2) is 0 Å². The smallest absolute Gasteiger partial charge is 0.255 e. The molecule has 0 saturated carbocycles.